The molecule has 0 amide bonds. The maximum Gasteiger partial charge on any atom is 0.156 e. The van der Waals surface area contributed by atoms with Crippen LogP contribution in [0.25, 0.3) is 0 Å². The van der Waals surface area contributed by atoms with E-state index in [2.05, 4.69) is 0 Å². The van der Waals surface area contributed by atoms with Gasteiger partial charge in [-0.15, -0.1) is 0 Å². The van der Waals surface area contributed by atoms with Crippen molar-refractivity contribution in [3.8, 4) is 0 Å². The summed E-state index contributed by atoms with van der Waals surface area (Å²) in [5.41, 5.74) is -0.508. The van der Waals surface area contributed by atoms with Crippen LogP contribution in [0.15, 0.2) is 0 Å². The summed E-state index contributed by atoms with van der Waals surface area (Å²) >= 11 is 0. The Balaban J connectivity index is 1.78. The van der Waals surface area contributed by atoms with E-state index in [9.17, 15) is 13.5 Å². The van der Waals surface area contributed by atoms with Crippen LogP contribution in [0.2, 0.25) is 0 Å². The molecule has 2 rings (SSSR count). The van der Waals surface area contributed by atoms with Crippen LogP contribution in [0.3, 0.4) is 0 Å². The lowest BCUT2D eigenvalue weighted by Crippen LogP contribution is -2.63. The second-order valence-corrected chi connectivity index (χ2v) is 9.38. The van der Waals surface area contributed by atoms with Crippen molar-refractivity contribution in [3.05, 3.63) is 0 Å². The Hall–Kier alpha value is -0.130. The molecule has 1 heterocycles. The molecule has 5 heteroatoms. The maximum absolute atomic E-state index is 11.9. The van der Waals surface area contributed by atoms with Crippen LogP contribution >= 0.6 is 0 Å². The van der Waals surface area contributed by atoms with Gasteiger partial charge in [0.1, 0.15) is 0 Å². The number of sulfone groups is 1. The number of rotatable bonds is 4. The standard InChI is InChI=1S/C12H23NO3S/c1-11(2,3)17(15,16)7-6-13-8-12(14,9-13)10-4-5-10/h10,14H,4-9H2,1-3H3. The van der Waals surface area contributed by atoms with Gasteiger partial charge in [0.05, 0.1) is 16.1 Å². The highest BCUT2D eigenvalue weighted by molar-refractivity contribution is 7.92. The predicted molar refractivity (Wildman–Crippen MR) is 67.7 cm³/mol. The van der Waals surface area contributed by atoms with Crippen LogP contribution in [-0.4, -0.2) is 54.2 Å². The van der Waals surface area contributed by atoms with Crippen LogP contribution in [0.1, 0.15) is 33.6 Å². The quantitative estimate of drug-likeness (QED) is 0.807. The molecule has 1 saturated heterocycles. The monoisotopic (exact) mass is 261 g/mol. The molecule has 0 spiro atoms. The number of nitrogens with zero attached hydrogens (tertiary/aromatic N) is 1. The molecule has 100 valence electrons. The Morgan fingerprint density at radius 3 is 2.24 bits per heavy atom. The molecule has 4 nitrogen and oxygen atoms in total. The molecular weight excluding hydrogens is 238 g/mol. The van der Waals surface area contributed by atoms with Crippen molar-refractivity contribution in [1.29, 1.82) is 0 Å². The van der Waals surface area contributed by atoms with E-state index in [1.807, 2.05) is 4.90 Å². The summed E-state index contributed by atoms with van der Waals surface area (Å²) in [6.45, 7) is 7.06. The van der Waals surface area contributed by atoms with Crippen LogP contribution in [0.4, 0.5) is 0 Å². The topological polar surface area (TPSA) is 57.6 Å². The SMILES string of the molecule is CC(C)(C)S(=O)(=O)CCN1CC(O)(C2CC2)C1. The molecule has 0 radical (unpaired) electrons. The van der Waals surface area contributed by atoms with Gasteiger partial charge < -0.3 is 5.11 Å². The van der Waals surface area contributed by atoms with Crippen molar-refractivity contribution in [1.82, 2.24) is 4.90 Å². The van der Waals surface area contributed by atoms with Crippen molar-refractivity contribution in [2.24, 2.45) is 5.92 Å². The van der Waals surface area contributed by atoms with E-state index >= 15 is 0 Å². The average molecular weight is 261 g/mol. The fourth-order valence-electron chi connectivity index (χ4n) is 2.32. The highest BCUT2D eigenvalue weighted by Gasteiger charge is 2.51. The Morgan fingerprint density at radius 1 is 1.29 bits per heavy atom. The Kier molecular flexibility index (Phi) is 3.08. The molecule has 0 unspecified atom stereocenters. The van der Waals surface area contributed by atoms with Gasteiger partial charge in [0.2, 0.25) is 0 Å². The number of likely N-dealkylation sites (tertiary alicyclic amines) is 1. The second-order valence-electron chi connectivity index (χ2n) is 6.52. The van der Waals surface area contributed by atoms with E-state index in [-0.39, 0.29) is 5.75 Å². The summed E-state index contributed by atoms with van der Waals surface area (Å²) in [5, 5.41) is 10.1. The first-order valence-corrected chi connectivity index (χ1v) is 7.96. The molecule has 1 aliphatic carbocycles. The molecule has 1 N–H and O–H groups in total. The second kappa shape index (κ2) is 3.93. The number of hydrogen-bond acceptors (Lipinski definition) is 4. The number of aliphatic hydroxyl groups is 1. The first kappa shape index (κ1) is 13.3. The van der Waals surface area contributed by atoms with E-state index < -0.39 is 20.2 Å². The van der Waals surface area contributed by atoms with Crippen molar-refractivity contribution < 1.29 is 13.5 Å². The summed E-state index contributed by atoms with van der Waals surface area (Å²) in [5.74, 6) is 0.662. The molecule has 2 fully saturated rings. The molecule has 2 aliphatic rings. The third kappa shape index (κ3) is 2.66. The summed E-state index contributed by atoms with van der Waals surface area (Å²) < 4.78 is 23.2. The molecule has 0 aromatic rings. The molecule has 1 saturated carbocycles. The summed E-state index contributed by atoms with van der Waals surface area (Å²) in [6.07, 6.45) is 2.26. The molecule has 0 aromatic carbocycles. The van der Waals surface area contributed by atoms with Crippen LogP contribution < -0.4 is 0 Å². The lowest BCUT2D eigenvalue weighted by atomic mass is 9.89. The lowest BCUT2D eigenvalue weighted by Gasteiger charge is -2.47. The third-order valence-corrected chi connectivity index (χ3v) is 6.53. The van der Waals surface area contributed by atoms with Gasteiger partial charge in [-0.1, -0.05) is 0 Å². The van der Waals surface area contributed by atoms with E-state index in [1.165, 1.54) is 0 Å². The number of hydrogen-bond donors (Lipinski definition) is 1. The van der Waals surface area contributed by atoms with Gasteiger partial charge in [0.15, 0.2) is 9.84 Å². The highest BCUT2D eigenvalue weighted by Crippen LogP contribution is 2.44. The third-order valence-electron chi connectivity index (χ3n) is 3.94. The summed E-state index contributed by atoms with van der Waals surface area (Å²) in [7, 11) is -3.03. The molecule has 0 bridgehead atoms. The maximum atomic E-state index is 11.9. The highest BCUT2D eigenvalue weighted by atomic mass is 32.2. The summed E-state index contributed by atoms with van der Waals surface area (Å²) in [4.78, 5) is 2.04. The fourth-order valence-corrected chi connectivity index (χ4v) is 3.43. The average Bonchev–Trinajstić information content (AvgIpc) is 2.91. The predicted octanol–water partition coefficient (Wildman–Crippen LogP) is 0.656. The van der Waals surface area contributed by atoms with Gasteiger partial charge in [0.25, 0.3) is 0 Å². The Labute approximate surface area is 104 Å². The number of β-amino-alcohol motifs (C(OH)–C–C–N with tert-alkyl or cyclic N) is 1. The first-order valence-electron chi connectivity index (χ1n) is 6.31. The fraction of sp³-hybridized carbons (Fsp3) is 1.00. The zero-order valence-electron chi connectivity index (χ0n) is 10.9. The van der Waals surface area contributed by atoms with Crippen molar-refractivity contribution in [2.45, 2.75) is 44.0 Å². The normalized spacial score (nSPS) is 25.6. The molecular formula is C12H23NO3S. The van der Waals surface area contributed by atoms with Crippen molar-refractivity contribution in [3.63, 3.8) is 0 Å². The molecule has 1 aliphatic heterocycles. The zero-order chi connectivity index (χ0) is 12.9. The Bertz CT molecular complexity index is 386. The van der Waals surface area contributed by atoms with E-state index in [1.54, 1.807) is 20.8 Å². The van der Waals surface area contributed by atoms with Gasteiger partial charge in [-0.05, 0) is 39.5 Å². The summed E-state index contributed by atoms with van der Waals surface area (Å²) in [6, 6.07) is 0. The van der Waals surface area contributed by atoms with Gasteiger partial charge in [-0.25, -0.2) is 8.42 Å². The zero-order valence-corrected chi connectivity index (χ0v) is 11.8. The Morgan fingerprint density at radius 2 is 1.82 bits per heavy atom. The van der Waals surface area contributed by atoms with Crippen LogP contribution in [0, 0.1) is 5.92 Å². The van der Waals surface area contributed by atoms with Crippen LogP contribution in [-0.2, 0) is 9.84 Å². The van der Waals surface area contributed by atoms with Gasteiger partial charge in [0, 0.05) is 19.6 Å². The lowest BCUT2D eigenvalue weighted by molar-refractivity contribution is -0.110. The van der Waals surface area contributed by atoms with Crippen molar-refractivity contribution in [2.75, 3.05) is 25.4 Å². The van der Waals surface area contributed by atoms with E-state index in [0.717, 1.165) is 12.8 Å². The van der Waals surface area contributed by atoms with Crippen LogP contribution in [0.5, 0.6) is 0 Å². The smallest absolute Gasteiger partial charge is 0.156 e. The van der Waals surface area contributed by atoms with Gasteiger partial charge >= 0.3 is 0 Å². The van der Waals surface area contributed by atoms with Gasteiger partial charge in [-0.2, -0.15) is 0 Å². The van der Waals surface area contributed by atoms with Crippen molar-refractivity contribution >= 4 is 9.84 Å². The molecule has 0 atom stereocenters. The minimum Gasteiger partial charge on any atom is -0.387 e. The van der Waals surface area contributed by atoms with E-state index in [4.69, 9.17) is 0 Å². The minimum absolute atomic E-state index is 0.192. The van der Waals surface area contributed by atoms with E-state index in [0.29, 0.717) is 25.6 Å². The van der Waals surface area contributed by atoms with Gasteiger partial charge in [-0.3, -0.25) is 4.90 Å². The first-order chi connectivity index (χ1) is 7.64. The molecule has 0 aromatic heterocycles. The largest absolute Gasteiger partial charge is 0.387 e. The minimum atomic E-state index is -3.03. The molecule has 17 heavy (non-hydrogen) atoms.